The second-order valence-electron chi connectivity index (χ2n) is 4.87. The van der Waals surface area contributed by atoms with E-state index >= 15 is 0 Å². The topological polar surface area (TPSA) is 15.3 Å². The van der Waals surface area contributed by atoms with Gasteiger partial charge in [0.2, 0.25) is 0 Å². The highest BCUT2D eigenvalue weighted by Crippen LogP contribution is 2.15. The maximum absolute atomic E-state index is 3.67. The summed E-state index contributed by atoms with van der Waals surface area (Å²) in [5, 5.41) is 3.67. The molecule has 94 valence electrons. The van der Waals surface area contributed by atoms with Gasteiger partial charge in [-0.1, -0.05) is 37.3 Å². The predicted octanol–water partition coefficient (Wildman–Crippen LogP) is 2.82. The van der Waals surface area contributed by atoms with Crippen LogP contribution in [0.2, 0.25) is 0 Å². The van der Waals surface area contributed by atoms with Crippen molar-refractivity contribution >= 4 is 0 Å². The van der Waals surface area contributed by atoms with Crippen LogP contribution in [0, 0.1) is 0 Å². The largest absolute Gasteiger partial charge is 0.309 e. The van der Waals surface area contributed by atoms with E-state index in [0.29, 0.717) is 6.04 Å². The molecule has 0 saturated carbocycles. The first kappa shape index (κ1) is 12.6. The molecule has 2 rings (SSSR count). The van der Waals surface area contributed by atoms with E-state index in [1.165, 1.54) is 38.0 Å². The molecule has 1 heterocycles. The lowest BCUT2D eigenvalue weighted by Gasteiger charge is -2.20. The average molecular weight is 232 g/mol. The minimum absolute atomic E-state index is 0.513. The summed E-state index contributed by atoms with van der Waals surface area (Å²) in [5.41, 5.74) is 1.41. The predicted molar refractivity (Wildman–Crippen MR) is 73.2 cm³/mol. The molecule has 1 aliphatic rings. The number of nitrogens with zero attached hydrogens (tertiary/aromatic N) is 1. The molecule has 1 atom stereocenters. The molecule has 0 amide bonds. The lowest BCUT2D eigenvalue weighted by atomic mass is 10.0. The van der Waals surface area contributed by atoms with Gasteiger partial charge in [0.1, 0.15) is 0 Å². The molecule has 1 unspecified atom stereocenters. The van der Waals surface area contributed by atoms with E-state index < -0.39 is 0 Å². The van der Waals surface area contributed by atoms with Crippen molar-refractivity contribution in [1.29, 1.82) is 0 Å². The van der Waals surface area contributed by atoms with Crippen molar-refractivity contribution in [3.05, 3.63) is 35.9 Å². The second-order valence-corrected chi connectivity index (χ2v) is 4.87. The zero-order valence-corrected chi connectivity index (χ0v) is 10.9. The Morgan fingerprint density at radius 2 is 1.88 bits per heavy atom. The molecule has 1 aromatic rings. The highest BCUT2D eigenvalue weighted by atomic mass is 15.2. The lowest BCUT2D eigenvalue weighted by Crippen LogP contribution is -2.32. The van der Waals surface area contributed by atoms with Gasteiger partial charge < -0.3 is 10.2 Å². The van der Waals surface area contributed by atoms with E-state index in [2.05, 4.69) is 47.5 Å². The first-order valence-electron chi connectivity index (χ1n) is 6.91. The van der Waals surface area contributed by atoms with Crippen LogP contribution < -0.4 is 5.32 Å². The van der Waals surface area contributed by atoms with E-state index in [4.69, 9.17) is 0 Å². The van der Waals surface area contributed by atoms with Gasteiger partial charge in [-0.15, -0.1) is 0 Å². The Morgan fingerprint density at radius 3 is 2.53 bits per heavy atom. The SMILES string of the molecule is CCC(NCCN1CCCC1)c1ccccc1. The molecule has 1 fully saturated rings. The fourth-order valence-electron chi connectivity index (χ4n) is 2.59. The third-order valence-electron chi connectivity index (χ3n) is 3.63. The third kappa shape index (κ3) is 3.83. The molecule has 0 aliphatic carbocycles. The Hall–Kier alpha value is -0.860. The highest BCUT2D eigenvalue weighted by Gasteiger charge is 2.12. The zero-order valence-electron chi connectivity index (χ0n) is 10.9. The molecular weight excluding hydrogens is 208 g/mol. The molecule has 0 spiro atoms. The Bertz CT molecular complexity index is 304. The lowest BCUT2D eigenvalue weighted by molar-refractivity contribution is 0.326. The van der Waals surface area contributed by atoms with Crippen molar-refractivity contribution in [1.82, 2.24) is 10.2 Å². The van der Waals surface area contributed by atoms with Gasteiger partial charge in [-0.05, 0) is 37.9 Å². The Labute approximate surface area is 105 Å². The molecule has 0 aromatic heterocycles. The third-order valence-corrected chi connectivity index (χ3v) is 3.63. The van der Waals surface area contributed by atoms with Crippen molar-refractivity contribution in [2.45, 2.75) is 32.2 Å². The van der Waals surface area contributed by atoms with E-state index in [1.807, 2.05) is 0 Å². The summed E-state index contributed by atoms with van der Waals surface area (Å²) in [6.07, 6.45) is 3.93. The van der Waals surface area contributed by atoms with Crippen molar-refractivity contribution in [2.75, 3.05) is 26.2 Å². The smallest absolute Gasteiger partial charge is 0.0318 e. The number of rotatable bonds is 6. The van der Waals surface area contributed by atoms with Gasteiger partial charge in [-0.3, -0.25) is 0 Å². The van der Waals surface area contributed by atoms with Crippen LogP contribution in [0.25, 0.3) is 0 Å². The summed E-state index contributed by atoms with van der Waals surface area (Å²) < 4.78 is 0. The maximum atomic E-state index is 3.67. The Balaban J connectivity index is 1.75. The van der Waals surface area contributed by atoms with Crippen LogP contribution in [0.3, 0.4) is 0 Å². The molecule has 0 bridgehead atoms. The normalized spacial score (nSPS) is 18.4. The van der Waals surface area contributed by atoms with Crippen molar-refractivity contribution in [3.63, 3.8) is 0 Å². The van der Waals surface area contributed by atoms with Crippen LogP contribution in [0.15, 0.2) is 30.3 Å². The van der Waals surface area contributed by atoms with E-state index in [-0.39, 0.29) is 0 Å². The van der Waals surface area contributed by atoms with Gasteiger partial charge in [-0.25, -0.2) is 0 Å². The van der Waals surface area contributed by atoms with Crippen LogP contribution in [0.1, 0.15) is 37.8 Å². The summed E-state index contributed by atoms with van der Waals surface area (Å²) >= 11 is 0. The molecule has 2 heteroatoms. The number of hydrogen-bond donors (Lipinski definition) is 1. The van der Waals surface area contributed by atoms with Crippen LogP contribution in [-0.4, -0.2) is 31.1 Å². The standard InChI is InChI=1S/C15H24N2/c1-2-15(14-8-4-3-5-9-14)16-10-13-17-11-6-7-12-17/h3-5,8-9,15-16H,2,6-7,10-13H2,1H3. The zero-order chi connectivity index (χ0) is 11.9. The highest BCUT2D eigenvalue weighted by molar-refractivity contribution is 5.18. The second kappa shape index (κ2) is 6.77. The number of likely N-dealkylation sites (tertiary alicyclic amines) is 1. The van der Waals surface area contributed by atoms with E-state index in [9.17, 15) is 0 Å². The molecule has 1 aromatic carbocycles. The van der Waals surface area contributed by atoms with Gasteiger partial charge in [0.15, 0.2) is 0 Å². The Kier molecular flexibility index (Phi) is 5.02. The van der Waals surface area contributed by atoms with Crippen LogP contribution in [0.5, 0.6) is 0 Å². The fourth-order valence-corrected chi connectivity index (χ4v) is 2.59. The summed E-state index contributed by atoms with van der Waals surface area (Å²) in [4.78, 5) is 2.56. The summed E-state index contributed by atoms with van der Waals surface area (Å²) in [6.45, 7) is 7.14. The van der Waals surface area contributed by atoms with Crippen LogP contribution >= 0.6 is 0 Å². The van der Waals surface area contributed by atoms with Crippen molar-refractivity contribution in [2.24, 2.45) is 0 Å². The summed E-state index contributed by atoms with van der Waals surface area (Å²) in [5.74, 6) is 0. The minimum Gasteiger partial charge on any atom is -0.309 e. The number of hydrogen-bond acceptors (Lipinski definition) is 2. The van der Waals surface area contributed by atoms with E-state index in [1.54, 1.807) is 0 Å². The van der Waals surface area contributed by atoms with Gasteiger partial charge in [0.25, 0.3) is 0 Å². The molecule has 2 nitrogen and oxygen atoms in total. The van der Waals surface area contributed by atoms with Gasteiger partial charge in [0, 0.05) is 19.1 Å². The molecule has 1 saturated heterocycles. The molecule has 17 heavy (non-hydrogen) atoms. The molecule has 0 radical (unpaired) electrons. The van der Waals surface area contributed by atoms with Crippen LogP contribution in [0.4, 0.5) is 0 Å². The summed E-state index contributed by atoms with van der Waals surface area (Å²) in [6, 6.07) is 11.3. The molecular formula is C15H24N2. The molecule has 1 aliphatic heterocycles. The quantitative estimate of drug-likeness (QED) is 0.811. The Morgan fingerprint density at radius 1 is 1.18 bits per heavy atom. The number of nitrogens with one attached hydrogen (secondary N) is 1. The summed E-state index contributed by atoms with van der Waals surface area (Å²) in [7, 11) is 0. The first-order chi connectivity index (χ1) is 8.40. The van der Waals surface area contributed by atoms with Crippen molar-refractivity contribution in [3.8, 4) is 0 Å². The fraction of sp³-hybridized carbons (Fsp3) is 0.600. The van der Waals surface area contributed by atoms with Crippen molar-refractivity contribution < 1.29 is 0 Å². The number of benzene rings is 1. The van der Waals surface area contributed by atoms with E-state index in [0.717, 1.165) is 13.0 Å². The van der Waals surface area contributed by atoms with Gasteiger partial charge in [0.05, 0.1) is 0 Å². The minimum atomic E-state index is 0.513. The van der Waals surface area contributed by atoms with Gasteiger partial charge >= 0.3 is 0 Å². The van der Waals surface area contributed by atoms with Crippen LogP contribution in [-0.2, 0) is 0 Å². The van der Waals surface area contributed by atoms with Gasteiger partial charge in [-0.2, -0.15) is 0 Å². The maximum Gasteiger partial charge on any atom is 0.0318 e. The first-order valence-corrected chi connectivity index (χ1v) is 6.91. The molecule has 1 N–H and O–H groups in total. The monoisotopic (exact) mass is 232 g/mol. The average Bonchev–Trinajstić information content (AvgIpc) is 2.89.